The Kier molecular flexibility index (Phi) is 8.43. The summed E-state index contributed by atoms with van der Waals surface area (Å²) < 4.78 is 1.97. The molecule has 2 fully saturated rings. The van der Waals surface area contributed by atoms with Crippen LogP contribution in [0.4, 0.5) is 5.69 Å². The molecule has 2 bridgehead atoms. The number of piperidine rings is 1. The highest BCUT2D eigenvalue weighted by molar-refractivity contribution is 6.09. The topological polar surface area (TPSA) is 88.5 Å². The van der Waals surface area contributed by atoms with E-state index in [0.717, 1.165) is 73.6 Å². The summed E-state index contributed by atoms with van der Waals surface area (Å²) in [5.41, 5.74) is 3.19. The Labute approximate surface area is 250 Å². The summed E-state index contributed by atoms with van der Waals surface area (Å²) >= 11 is 0. The number of amides is 1. The molecule has 2 aliphatic heterocycles. The van der Waals surface area contributed by atoms with Crippen molar-refractivity contribution in [3.05, 3.63) is 29.5 Å². The quantitative estimate of drug-likeness (QED) is 0.385. The summed E-state index contributed by atoms with van der Waals surface area (Å²) in [5, 5.41) is 4.43. The van der Waals surface area contributed by atoms with Gasteiger partial charge in [-0.25, -0.2) is 0 Å². The number of aryl methyl sites for hydroxylation is 1. The third-order valence-corrected chi connectivity index (χ3v) is 10.2. The number of carbonyl (C=O) groups excluding carboxylic acids is 4. The first-order valence-corrected chi connectivity index (χ1v) is 16.1. The minimum Gasteiger partial charge on any atom is -0.385 e. The van der Waals surface area contributed by atoms with Gasteiger partial charge in [-0.3, -0.25) is 19.2 Å². The van der Waals surface area contributed by atoms with Crippen LogP contribution in [0.3, 0.4) is 0 Å². The third-order valence-electron chi connectivity index (χ3n) is 10.2. The average Bonchev–Trinajstić information content (AvgIpc) is 3.35. The fourth-order valence-corrected chi connectivity index (χ4v) is 7.54. The number of nitrogens with zero attached hydrogens (tertiary/aromatic N) is 2. The van der Waals surface area contributed by atoms with Gasteiger partial charge < -0.3 is 14.8 Å². The molecule has 42 heavy (non-hydrogen) atoms. The van der Waals surface area contributed by atoms with E-state index in [1.54, 1.807) is 6.92 Å². The van der Waals surface area contributed by atoms with Crippen LogP contribution >= 0.6 is 0 Å². The molecule has 3 aliphatic rings. The Hall–Kier alpha value is -2.96. The van der Waals surface area contributed by atoms with Gasteiger partial charge in [0.1, 0.15) is 12.3 Å². The molecule has 1 aliphatic carbocycles. The predicted octanol–water partition coefficient (Wildman–Crippen LogP) is 6.74. The third kappa shape index (κ3) is 5.80. The predicted molar refractivity (Wildman–Crippen MR) is 167 cm³/mol. The molecule has 5 rings (SSSR count). The summed E-state index contributed by atoms with van der Waals surface area (Å²) in [6.45, 7) is 12.9. The molecule has 0 radical (unpaired) electrons. The van der Waals surface area contributed by atoms with E-state index in [-0.39, 0.29) is 40.9 Å². The SMILES string of the molecule is CCC(=O)[C@@H]1C[C@]23CCC(=O)C(C)(C)CCCCCc4cc(NCC(C)C)cc5c(C(C)=O)cn(c45)CC(=O)N1[C@@H]2C3. The van der Waals surface area contributed by atoms with Gasteiger partial charge in [0, 0.05) is 53.7 Å². The van der Waals surface area contributed by atoms with Gasteiger partial charge >= 0.3 is 0 Å². The van der Waals surface area contributed by atoms with Crippen LogP contribution in [-0.4, -0.2) is 51.4 Å². The second-order valence-electron chi connectivity index (χ2n) is 14.3. The van der Waals surface area contributed by atoms with E-state index in [4.69, 9.17) is 0 Å². The lowest BCUT2D eigenvalue weighted by Crippen LogP contribution is -2.44. The zero-order valence-electron chi connectivity index (χ0n) is 26.5. The highest BCUT2D eigenvalue weighted by Gasteiger charge is 2.66. The molecule has 1 aromatic heterocycles. The van der Waals surface area contributed by atoms with E-state index in [2.05, 4.69) is 45.1 Å². The van der Waals surface area contributed by atoms with Gasteiger partial charge in [0.2, 0.25) is 5.91 Å². The molecule has 7 nitrogen and oxygen atoms in total. The van der Waals surface area contributed by atoms with Gasteiger partial charge in [-0.2, -0.15) is 0 Å². The molecule has 1 saturated heterocycles. The fourth-order valence-electron chi connectivity index (χ4n) is 7.54. The molecule has 1 N–H and O–H groups in total. The Morgan fingerprint density at radius 1 is 1.05 bits per heavy atom. The number of aromatic nitrogens is 1. The number of hydrogen-bond acceptors (Lipinski definition) is 5. The van der Waals surface area contributed by atoms with E-state index in [1.165, 1.54) is 0 Å². The van der Waals surface area contributed by atoms with Crippen molar-refractivity contribution >= 4 is 39.8 Å². The molecule has 3 heterocycles. The maximum atomic E-state index is 14.1. The van der Waals surface area contributed by atoms with Crippen LogP contribution in [0.1, 0.15) is 115 Å². The first-order valence-electron chi connectivity index (χ1n) is 16.1. The minimum absolute atomic E-state index is 0.0116. The molecule has 228 valence electrons. The van der Waals surface area contributed by atoms with Crippen LogP contribution < -0.4 is 5.32 Å². The van der Waals surface area contributed by atoms with Gasteiger partial charge in [-0.15, -0.1) is 0 Å². The second-order valence-corrected chi connectivity index (χ2v) is 14.3. The largest absolute Gasteiger partial charge is 0.385 e. The summed E-state index contributed by atoms with van der Waals surface area (Å²) in [6.07, 6.45) is 9.66. The Morgan fingerprint density at radius 2 is 1.81 bits per heavy atom. The highest BCUT2D eigenvalue weighted by Crippen LogP contribution is 2.62. The van der Waals surface area contributed by atoms with Gasteiger partial charge in [-0.05, 0) is 74.5 Å². The van der Waals surface area contributed by atoms with Crippen molar-refractivity contribution in [1.29, 1.82) is 0 Å². The molecule has 7 heteroatoms. The van der Waals surface area contributed by atoms with Gasteiger partial charge in [0.15, 0.2) is 11.6 Å². The molecule has 3 atom stereocenters. The molecule has 2 aromatic rings. The maximum Gasteiger partial charge on any atom is 0.243 e. The minimum atomic E-state index is -0.427. The van der Waals surface area contributed by atoms with Crippen molar-refractivity contribution in [1.82, 2.24) is 9.47 Å². The first kappa shape index (κ1) is 30.5. The van der Waals surface area contributed by atoms with E-state index in [0.29, 0.717) is 36.5 Å². The second kappa shape index (κ2) is 11.6. The molecule has 0 unspecified atom stereocenters. The van der Waals surface area contributed by atoms with Gasteiger partial charge in [-0.1, -0.05) is 47.5 Å². The number of nitrogens with one attached hydrogen (secondary N) is 1. The van der Waals surface area contributed by atoms with Crippen LogP contribution in [-0.2, 0) is 27.3 Å². The number of anilines is 1. The Bertz CT molecular complexity index is 1400. The molecule has 1 aromatic carbocycles. The lowest BCUT2D eigenvalue weighted by Gasteiger charge is -2.27. The molecular formula is C35H49N3O4. The summed E-state index contributed by atoms with van der Waals surface area (Å²) in [4.78, 5) is 55.3. The van der Waals surface area contributed by atoms with Crippen LogP contribution in [0, 0.1) is 16.7 Å². The normalized spacial score (nSPS) is 26.3. The number of carbonyl (C=O) groups is 4. The van der Waals surface area contributed by atoms with E-state index in [1.807, 2.05) is 22.6 Å². The van der Waals surface area contributed by atoms with Gasteiger partial charge in [0.05, 0.1) is 11.6 Å². The van der Waals surface area contributed by atoms with Crippen molar-refractivity contribution in [3.8, 4) is 0 Å². The molecule has 1 saturated carbocycles. The highest BCUT2D eigenvalue weighted by atomic mass is 16.2. The summed E-state index contributed by atoms with van der Waals surface area (Å²) in [6, 6.07) is 3.82. The fraction of sp³-hybridized carbons (Fsp3) is 0.657. The maximum absolute atomic E-state index is 14.1. The van der Waals surface area contributed by atoms with Crippen LogP contribution in [0.25, 0.3) is 10.9 Å². The van der Waals surface area contributed by atoms with E-state index in [9.17, 15) is 19.2 Å². The van der Waals surface area contributed by atoms with Gasteiger partial charge in [0.25, 0.3) is 0 Å². The van der Waals surface area contributed by atoms with E-state index >= 15 is 0 Å². The lowest BCUT2D eigenvalue weighted by atomic mass is 9.79. The standard InChI is InChI=1S/C35H49N3O4/c1-7-29(40)28-17-35-14-12-31(41)34(5,6)13-10-8-9-11-24-15-25(36-19-22(2)3)16-26-27(23(4)39)20-37(33(24)26)21-32(42)38(28)30(35)18-35/h15-16,20,22,28,30,36H,7-14,17-19,21H2,1-6H3/t28-,30+,35-/m0/s1. The summed E-state index contributed by atoms with van der Waals surface area (Å²) in [7, 11) is 0. The smallest absolute Gasteiger partial charge is 0.243 e. The van der Waals surface area contributed by atoms with Crippen molar-refractivity contribution in [2.24, 2.45) is 16.7 Å². The van der Waals surface area contributed by atoms with Crippen LogP contribution in [0.15, 0.2) is 18.3 Å². The van der Waals surface area contributed by atoms with Crippen LogP contribution in [0.5, 0.6) is 0 Å². The molecule has 0 spiro atoms. The van der Waals surface area contributed by atoms with Crippen molar-refractivity contribution in [2.75, 3.05) is 11.9 Å². The number of benzene rings is 1. The lowest BCUT2D eigenvalue weighted by molar-refractivity contribution is -0.139. The summed E-state index contributed by atoms with van der Waals surface area (Å²) in [5.74, 6) is 0.782. The monoisotopic (exact) mass is 575 g/mol. The zero-order valence-corrected chi connectivity index (χ0v) is 26.5. The van der Waals surface area contributed by atoms with Crippen molar-refractivity contribution < 1.29 is 19.2 Å². The number of ketones is 3. The first-order chi connectivity index (χ1) is 19.9. The number of Topliss-reactive ketones (excluding diaryl/α,β-unsaturated/α-hetero) is 3. The average molecular weight is 576 g/mol. The molecule has 1 amide bonds. The van der Waals surface area contributed by atoms with Crippen LogP contribution in [0.2, 0.25) is 0 Å². The van der Waals surface area contributed by atoms with Crippen molar-refractivity contribution in [2.45, 2.75) is 124 Å². The van der Waals surface area contributed by atoms with E-state index < -0.39 is 6.04 Å². The number of hydrogen-bond donors (Lipinski definition) is 1. The molecular weight excluding hydrogens is 526 g/mol. The number of rotatable bonds is 6. The Morgan fingerprint density at radius 3 is 2.50 bits per heavy atom. The Balaban J connectivity index is 1.57. The zero-order chi connectivity index (χ0) is 30.4. The van der Waals surface area contributed by atoms with Crippen molar-refractivity contribution in [3.63, 3.8) is 0 Å².